The summed E-state index contributed by atoms with van der Waals surface area (Å²) >= 11 is 11.9. The first kappa shape index (κ1) is 15.6. The Kier molecular flexibility index (Phi) is 5.66. The van der Waals surface area contributed by atoms with Crippen LogP contribution in [0.1, 0.15) is 18.5 Å². The lowest BCUT2D eigenvalue weighted by Gasteiger charge is -2.24. The van der Waals surface area contributed by atoms with Crippen LogP contribution in [0.25, 0.3) is 0 Å². The Morgan fingerprint density at radius 2 is 2.05 bits per heavy atom. The molecule has 0 saturated carbocycles. The van der Waals surface area contributed by atoms with E-state index in [9.17, 15) is 4.79 Å². The fraction of sp³-hybridized carbons (Fsp3) is 0.500. The number of nitrogens with one attached hydrogen (secondary N) is 2. The molecule has 1 atom stereocenters. The zero-order chi connectivity index (χ0) is 14.5. The van der Waals surface area contributed by atoms with Gasteiger partial charge in [0.25, 0.3) is 5.91 Å². The number of carbonyl (C=O) groups is 1. The SMILES string of the molecule is C[C@@H](NC(=O)C[NH+]1CCOCC1)c1ccc(Cl)c(Cl)c1. The lowest BCUT2D eigenvalue weighted by molar-refractivity contribution is -0.900. The van der Waals surface area contributed by atoms with Crippen molar-refractivity contribution in [2.24, 2.45) is 0 Å². The third-order valence-electron chi connectivity index (χ3n) is 3.43. The fourth-order valence-electron chi connectivity index (χ4n) is 2.22. The van der Waals surface area contributed by atoms with Gasteiger partial charge in [0.05, 0.1) is 29.3 Å². The van der Waals surface area contributed by atoms with Crippen molar-refractivity contribution in [1.82, 2.24) is 5.32 Å². The number of benzene rings is 1. The Balaban J connectivity index is 1.87. The van der Waals surface area contributed by atoms with Crippen LogP contribution in [-0.4, -0.2) is 38.8 Å². The number of hydrogen-bond donors (Lipinski definition) is 2. The van der Waals surface area contributed by atoms with E-state index in [0.717, 1.165) is 31.9 Å². The van der Waals surface area contributed by atoms with Gasteiger partial charge in [-0.3, -0.25) is 4.79 Å². The molecule has 0 unspecified atom stereocenters. The summed E-state index contributed by atoms with van der Waals surface area (Å²) in [4.78, 5) is 13.3. The van der Waals surface area contributed by atoms with E-state index in [0.29, 0.717) is 16.6 Å². The molecule has 0 bridgehead atoms. The van der Waals surface area contributed by atoms with E-state index in [1.807, 2.05) is 13.0 Å². The summed E-state index contributed by atoms with van der Waals surface area (Å²) in [6.07, 6.45) is 0. The topological polar surface area (TPSA) is 42.8 Å². The second-order valence-electron chi connectivity index (χ2n) is 5.00. The number of ether oxygens (including phenoxy) is 1. The molecular weight excluding hydrogens is 299 g/mol. The van der Waals surface area contributed by atoms with E-state index in [2.05, 4.69) is 5.32 Å². The van der Waals surface area contributed by atoms with Crippen LogP contribution in [0.4, 0.5) is 0 Å². The van der Waals surface area contributed by atoms with E-state index >= 15 is 0 Å². The summed E-state index contributed by atoms with van der Waals surface area (Å²) in [7, 11) is 0. The van der Waals surface area contributed by atoms with Gasteiger partial charge in [0, 0.05) is 0 Å². The van der Waals surface area contributed by atoms with Crippen molar-refractivity contribution in [3.8, 4) is 0 Å². The van der Waals surface area contributed by atoms with Crippen LogP contribution in [0.5, 0.6) is 0 Å². The molecular formula is C14H19Cl2N2O2+. The van der Waals surface area contributed by atoms with E-state index in [1.54, 1.807) is 12.1 Å². The molecule has 1 aromatic rings. The molecule has 110 valence electrons. The fourth-order valence-corrected chi connectivity index (χ4v) is 2.53. The van der Waals surface area contributed by atoms with Gasteiger partial charge in [-0.15, -0.1) is 0 Å². The molecule has 0 radical (unpaired) electrons. The number of carbonyl (C=O) groups excluding carboxylic acids is 1. The Labute approximate surface area is 129 Å². The molecule has 0 aromatic heterocycles. The largest absolute Gasteiger partial charge is 0.370 e. The third-order valence-corrected chi connectivity index (χ3v) is 4.17. The van der Waals surface area contributed by atoms with Crippen LogP contribution >= 0.6 is 23.2 Å². The van der Waals surface area contributed by atoms with Crippen LogP contribution in [0.15, 0.2) is 18.2 Å². The van der Waals surface area contributed by atoms with Crippen LogP contribution in [0, 0.1) is 0 Å². The molecule has 2 rings (SSSR count). The molecule has 4 nitrogen and oxygen atoms in total. The summed E-state index contributed by atoms with van der Waals surface area (Å²) in [5.74, 6) is 0.0421. The van der Waals surface area contributed by atoms with Gasteiger partial charge in [0.1, 0.15) is 13.1 Å². The van der Waals surface area contributed by atoms with E-state index in [1.165, 1.54) is 4.90 Å². The second kappa shape index (κ2) is 7.27. The van der Waals surface area contributed by atoms with Gasteiger partial charge in [-0.05, 0) is 24.6 Å². The molecule has 1 amide bonds. The maximum absolute atomic E-state index is 12.0. The molecule has 0 spiro atoms. The van der Waals surface area contributed by atoms with Crippen molar-refractivity contribution < 1.29 is 14.4 Å². The Bertz CT molecular complexity index is 476. The van der Waals surface area contributed by atoms with Crippen molar-refractivity contribution in [2.45, 2.75) is 13.0 Å². The van der Waals surface area contributed by atoms with Gasteiger partial charge in [0.15, 0.2) is 6.54 Å². The van der Waals surface area contributed by atoms with Crippen LogP contribution in [0.3, 0.4) is 0 Å². The van der Waals surface area contributed by atoms with Gasteiger partial charge in [-0.1, -0.05) is 29.3 Å². The highest BCUT2D eigenvalue weighted by Gasteiger charge is 2.19. The Morgan fingerprint density at radius 3 is 2.70 bits per heavy atom. The van der Waals surface area contributed by atoms with Crippen molar-refractivity contribution in [2.75, 3.05) is 32.8 Å². The molecule has 1 saturated heterocycles. The number of rotatable bonds is 4. The Morgan fingerprint density at radius 1 is 1.35 bits per heavy atom. The molecule has 6 heteroatoms. The number of quaternary nitrogens is 1. The van der Waals surface area contributed by atoms with E-state index < -0.39 is 0 Å². The minimum atomic E-state index is -0.0855. The third kappa shape index (κ3) is 4.35. The van der Waals surface area contributed by atoms with Crippen LogP contribution < -0.4 is 10.2 Å². The maximum Gasteiger partial charge on any atom is 0.275 e. The highest BCUT2D eigenvalue weighted by molar-refractivity contribution is 6.42. The smallest absolute Gasteiger partial charge is 0.275 e. The van der Waals surface area contributed by atoms with E-state index in [4.69, 9.17) is 27.9 Å². The molecule has 1 aromatic carbocycles. The van der Waals surface area contributed by atoms with Crippen molar-refractivity contribution in [3.63, 3.8) is 0 Å². The number of amides is 1. The summed E-state index contributed by atoms with van der Waals surface area (Å²) in [5, 5.41) is 4.01. The Hall–Kier alpha value is -0.810. The average molecular weight is 318 g/mol. The van der Waals surface area contributed by atoms with Gasteiger partial charge >= 0.3 is 0 Å². The molecule has 1 aliphatic heterocycles. The van der Waals surface area contributed by atoms with Crippen molar-refractivity contribution in [1.29, 1.82) is 0 Å². The predicted octanol–water partition coefficient (Wildman–Crippen LogP) is 1.09. The van der Waals surface area contributed by atoms with Gasteiger partial charge in [-0.25, -0.2) is 0 Å². The zero-order valence-corrected chi connectivity index (χ0v) is 12.9. The zero-order valence-electron chi connectivity index (χ0n) is 11.4. The predicted molar refractivity (Wildman–Crippen MR) is 79.4 cm³/mol. The lowest BCUT2D eigenvalue weighted by atomic mass is 10.1. The van der Waals surface area contributed by atoms with Crippen molar-refractivity contribution in [3.05, 3.63) is 33.8 Å². The molecule has 1 fully saturated rings. The maximum atomic E-state index is 12.0. The van der Waals surface area contributed by atoms with E-state index in [-0.39, 0.29) is 11.9 Å². The molecule has 1 heterocycles. The quantitative estimate of drug-likeness (QED) is 0.873. The summed E-state index contributed by atoms with van der Waals surface area (Å²) in [5.41, 5.74) is 0.949. The first-order valence-corrected chi connectivity index (χ1v) is 7.47. The first-order valence-electron chi connectivity index (χ1n) is 6.72. The lowest BCUT2D eigenvalue weighted by Crippen LogP contribution is -3.15. The van der Waals surface area contributed by atoms with Crippen LogP contribution in [-0.2, 0) is 9.53 Å². The van der Waals surface area contributed by atoms with Gasteiger partial charge < -0.3 is 15.0 Å². The van der Waals surface area contributed by atoms with Crippen LogP contribution in [0.2, 0.25) is 10.0 Å². The minimum Gasteiger partial charge on any atom is -0.370 e. The second-order valence-corrected chi connectivity index (χ2v) is 5.82. The minimum absolute atomic E-state index is 0.0421. The molecule has 2 N–H and O–H groups in total. The summed E-state index contributed by atoms with van der Waals surface area (Å²) in [6, 6.07) is 5.32. The molecule has 20 heavy (non-hydrogen) atoms. The van der Waals surface area contributed by atoms with Gasteiger partial charge in [0.2, 0.25) is 0 Å². The molecule has 0 aliphatic carbocycles. The average Bonchev–Trinajstić information content (AvgIpc) is 2.42. The van der Waals surface area contributed by atoms with Crippen molar-refractivity contribution >= 4 is 29.1 Å². The number of morpholine rings is 1. The standard InChI is InChI=1S/C14H18Cl2N2O2/c1-10(11-2-3-12(15)13(16)8-11)17-14(19)9-18-4-6-20-7-5-18/h2-3,8,10H,4-7,9H2,1H3,(H,17,19)/p+1/t10-/m1/s1. The first-order chi connectivity index (χ1) is 9.56. The number of hydrogen-bond acceptors (Lipinski definition) is 2. The number of halogens is 2. The molecule has 1 aliphatic rings. The monoisotopic (exact) mass is 317 g/mol. The summed E-state index contributed by atoms with van der Waals surface area (Å²) < 4.78 is 5.28. The summed E-state index contributed by atoms with van der Waals surface area (Å²) in [6.45, 7) is 5.64. The highest BCUT2D eigenvalue weighted by atomic mass is 35.5. The van der Waals surface area contributed by atoms with Gasteiger partial charge in [-0.2, -0.15) is 0 Å². The highest BCUT2D eigenvalue weighted by Crippen LogP contribution is 2.25. The normalized spacial score (nSPS) is 17.8.